The van der Waals surface area contributed by atoms with Gasteiger partial charge in [-0.15, -0.1) is 0 Å². The summed E-state index contributed by atoms with van der Waals surface area (Å²) in [7, 11) is 0. The van der Waals surface area contributed by atoms with Crippen LogP contribution in [0.15, 0.2) is 40.7 Å². The van der Waals surface area contributed by atoms with Crippen LogP contribution >= 0.6 is 0 Å². The first kappa shape index (κ1) is 21.4. The van der Waals surface area contributed by atoms with Crippen molar-refractivity contribution in [3.63, 3.8) is 0 Å². The van der Waals surface area contributed by atoms with E-state index >= 15 is 0 Å². The summed E-state index contributed by atoms with van der Waals surface area (Å²) in [6, 6.07) is 0. The third-order valence-corrected chi connectivity index (χ3v) is 5.07. The summed E-state index contributed by atoms with van der Waals surface area (Å²) in [4.78, 5) is 21.2. The van der Waals surface area contributed by atoms with E-state index in [9.17, 15) is 20.1 Å². The van der Waals surface area contributed by atoms with Crippen LogP contribution in [0.5, 0.6) is 0 Å². The van der Waals surface area contributed by atoms with Crippen molar-refractivity contribution >= 4 is 11.2 Å². The van der Waals surface area contributed by atoms with Crippen LogP contribution < -0.4 is 5.56 Å². The Labute approximate surface area is 168 Å². The fraction of sp³-hybridized carbons (Fsp3) is 0.550. The Kier molecular flexibility index (Phi) is 6.63. The first-order chi connectivity index (χ1) is 13.8. The third-order valence-electron chi connectivity index (χ3n) is 5.07. The summed E-state index contributed by atoms with van der Waals surface area (Å²) in [5.74, 6) is 0. The predicted molar refractivity (Wildman–Crippen MR) is 107 cm³/mol. The molecule has 9 heteroatoms. The highest BCUT2D eigenvalue weighted by atomic mass is 16.6. The average Bonchev–Trinajstić information content (AvgIpc) is 3.23. The molecule has 3 rings (SSSR count). The molecule has 1 saturated heterocycles. The Balaban J connectivity index is 1.80. The summed E-state index contributed by atoms with van der Waals surface area (Å²) < 4.78 is 8.38. The Morgan fingerprint density at radius 1 is 1.17 bits per heavy atom. The average molecular weight is 404 g/mol. The standard InChI is InChI=1S/C20H28N4O5/c1-12(2)5-4-6-13(3)7-8-23-10-22-18-15(19(23)28)21-11-24(18)20-17(27)16(26)14(9-25)29-20/h5,7,10-11,14,16-17,20,25-27H,4,6,8-9H2,1-3H3/b13-7+/t14-,16+,17+,20+/m0/s1. The lowest BCUT2D eigenvalue weighted by Gasteiger charge is -2.16. The molecule has 9 nitrogen and oxygen atoms in total. The molecule has 3 heterocycles. The van der Waals surface area contributed by atoms with Gasteiger partial charge in [-0.3, -0.25) is 13.9 Å². The maximum atomic E-state index is 12.8. The van der Waals surface area contributed by atoms with Gasteiger partial charge in [0.1, 0.15) is 24.6 Å². The Morgan fingerprint density at radius 2 is 1.93 bits per heavy atom. The third kappa shape index (κ3) is 4.48. The van der Waals surface area contributed by atoms with E-state index in [0.29, 0.717) is 6.54 Å². The van der Waals surface area contributed by atoms with Crippen molar-refractivity contribution in [2.75, 3.05) is 6.61 Å². The smallest absolute Gasteiger partial charge is 0.281 e. The normalized spacial score (nSPS) is 25.0. The van der Waals surface area contributed by atoms with E-state index < -0.39 is 31.1 Å². The number of hydrogen-bond donors (Lipinski definition) is 3. The first-order valence-electron chi connectivity index (χ1n) is 9.67. The van der Waals surface area contributed by atoms with Crippen LogP contribution in [0.3, 0.4) is 0 Å². The lowest BCUT2D eigenvalue weighted by Crippen LogP contribution is -2.33. The van der Waals surface area contributed by atoms with E-state index in [2.05, 4.69) is 29.9 Å². The SMILES string of the molecule is CC(C)=CCC/C(C)=C/Cn1cnc2c(ncn2[C@@H]2O[C@@H](CO)[C@@H](O)[C@H]2O)c1=O. The van der Waals surface area contributed by atoms with E-state index in [-0.39, 0.29) is 16.7 Å². The highest BCUT2D eigenvalue weighted by Gasteiger charge is 2.44. The van der Waals surface area contributed by atoms with E-state index in [1.165, 1.54) is 32.9 Å². The number of allylic oxidation sites excluding steroid dienone is 4. The van der Waals surface area contributed by atoms with Crippen molar-refractivity contribution in [3.8, 4) is 0 Å². The molecule has 1 aliphatic rings. The van der Waals surface area contributed by atoms with Gasteiger partial charge in [-0.1, -0.05) is 23.3 Å². The van der Waals surface area contributed by atoms with Gasteiger partial charge in [-0.2, -0.15) is 0 Å². The zero-order chi connectivity index (χ0) is 21.1. The van der Waals surface area contributed by atoms with E-state index in [4.69, 9.17) is 4.74 Å². The summed E-state index contributed by atoms with van der Waals surface area (Å²) in [6.45, 7) is 6.13. The van der Waals surface area contributed by atoms with Crippen LogP contribution in [0.2, 0.25) is 0 Å². The molecule has 0 radical (unpaired) electrons. The minimum Gasteiger partial charge on any atom is -0.394 e. The molecule has 4 atom stereocenters. The molecule has 2 aromatic rings. The van der Waals surface area contributed by atoms with E-state index in [1.807, 2.05) is 13.0 Å². The second kappa shape index (κ2) is 9.00. The van der Waals surface area contributed by atoms with Crippen LogP contribution in [0.25, 0.3) is 11.2 Å². The quantitative estimate of drug-likeness (QED) is 0.586. The molecule has 0 bridgehead atoms. The molecule has 0 spiro atoms. The van der Waals surface area contributed by atoms with Gasteiger partial charge < -0.3 is 20.1 Å². The summed E-state index contributed by atoms with van der Waals surface area (Å²) in [5.41, 5.74) is 2.58. The topological polar surface area (TPSA) is 123 Å². The van der Waals surface area contributed by atoms with Gasteiger partial charge in [0.2, 0.25) is 0 Å². The van der Waals surface area contributed by atoms with Crippen molar-refractivity contribution in [2.45, 2.75) is 64.7 Å². The minimum absolute atomic E-state index is 0.154. The molecule has 0 aliphatic carbocycles. The molecule has 0 unspecified atom stereocenters. The molecule has 158 valence electrons. The van der Waals surface area contributed by atoms with Crippen molar-refractivity contribution in [3.05, 3.63) is 46.3 Å². The van der Waals surface area contributed by atoms with E-state index in [0.717, 1.165) is 12.8 Å². The Hall–Kier alpha value is -2.33. The highest BCUT2D eigenvalue weighted by Crippen LogP contribution is 2.30. The van der Waals surface area contributed by atoms with Crippen molar-refractivity contribution in [1.29, 1.82) is 0 Å². The van der Waals surface area contributed by atoms with Gasteiger partial charge in [0, 0.05) is 6.54 Å². The summed E-state index contributed by atoms with van der Waals surface area (Å²) in [5, 5.41) is 29.4. The fourth-order valence-electron chi connectivity index (χ4n) is 3.32. The van der Waals surface area contributed by atoms with Crippen LogP contribution in [-0.2, 0) is 11.3 Å². The van der Waals surface area contributed by atoms with Crippen LogP contribution in [0.4, 0.5) is 0 Å². The van der Waals surface area contributed by atoms with Crippen molar-refractivity contribution in [1.82, 2.24) is 19.1 Å². The number of imidazole rings is 1. The maximum Gasteiger partial charge on any atom is 0.281 e. The van der Waals surface area contributed by atoms with Gasteiger partial charge in [-0.05, 0) is 33.6 Å². The second-order valence-corrected chi connectivity index (χ2v) is 7.63. The molecule has 0 amide bonds. The molecule has 0 aromatic carbocycles. The second-order valence-electron chi connectivity index (χ2n) is 7.63. The van der Waals surface area contributed by atoms with Crippen LogP contribution in [0, 0.1) is 0 Å². The Morgan fingerprint density at radius 3 is 2.59 bits per heavy atom. The zero-order valence-corrected chi connectivity index (χ0v) is 16.9. The van der Waals surface area contributed by atoms with Gasteiger partial charge >= 0.3 is 0 Å². The van der Waals surface area contributed by atoms with Gasteiger partial charge in [0.05, 0.1) is 12.9 Å². The number of aliphatic hydroxyl groups excluding tert-OH is 3. The number of hydrogen-bond acceptors (Lipinski definition) is 7. The maximum absolute atomic E-state index is 12.8. The minimum atomic E-state index is -1.26. The summed E-state index contributed by atoms with van der Waals surface area (Å²) in [6.07, 6.45) is 4.47. The molecule has 1 fully saturated rings. The first-order valence-corrected chi connectivity index (χ1v) is 9.67. The molecule has 0 saturated carbocycles. The monoisotopic (exact) mass is 404 g/mol. The number of ether oxygens (including phenoxy) is 1. The summed E-state index contributed by atoms with van der Waals surface area (Å²) >= 11 is 0. The van der Waals surface area contributed by atoms with Gasteiger partial charge in [0.25, 0.3) is 5.56 Å². The van der Waals surface area contributed by atoms with Crippen molar-refractivity contribution < 1.29 is 20.1 Å². The van der Waals surface area contributed by atoms with Gasteiger partial charge in [-0.25, -0.2) is 9.97 Å². The fourth-order valence-corrected chi connectivity index (χ4v) is 3.32. The van der Waals surface area contributed by atoms with Gasteiger partial charge in [0.15, 0.2) is 17.4 Å². The van der Waals surface area contributed by atoms with E-state index in [1.54, 1.807) is 0 Å². The predicted octanol–water partition coefficient (Wildman–Crippen LogP) is 0.897. The molecular weight excluding hydrogens is 376 g/mol. The number of rotatable bonds is 7. The molecule has 2 aromatic heterocycles. The highest BCUT2D eigenvalue weighted by molar-refractivity contribution is 5.69. The van der Waals surface area contributed by atoms with Crippen molar-refractivity contribution in [2.24, 2.45) is 0 Å². The number of aromatic nitrogens is 4. The zero-order valence-electron chi connectivity index (χ0n) is 16.9. The molecule has 3 N–H and O–H groups in total. The number of nitrogens with zero attached hydrogens (tertiary/aromatic N) is 4. The van der Waals surface area contributed by atoms with Crippen LogP contribution in [0.1, 0.15) is 39.8 Å². The molecule has 29 heavy (non-hydrogen) atoms. The largest absolute Gasteiger partial charge is 0.394 e. The lowest BCUT2D eigenvalue weighted by molar-refractivity contribution is -0.0511. The Bertz CT molecular complexity index is 973. The van der Waals surface area contributed by atoms with Crippen LogP contribution in [-0.4, -0.2) is 59.3 Å². The number of aliphatic hydroxyl groups is 3. The molecule has 1 aliphatic heterocycles. The molecular formula is C20H28N4O5. The lowest BCUT2D eigenvalue weighted by atomic mass is 10.1. The number of fused-ring (bicyclic) bond motifs is 1.